The molecule has 1 aromatic carbocycles. The number of hydrogen-bond donors (Lipinski definition) is 1. The lowest BCUT2D eigenvalue weighted by atomic mass is 10.1. The van der Waals surface area contributed by atoms with Gasteiger partial charge in [0.2, 0.25) is 5.91 Å². The Hall–Kier alpha value is -2.63. The van der Waals surface area contributed by atoms with Crippen LogP contribution in [0.15, 0.2) is 30.3 Å². The van der Waals surface area contributed by atoms with Gasteiger partial charge in [0, 0.05) is 32.1 Å². The minimum absolute atomic E-state index is 0.108. The SMILES string of the molecule is CCCc1cc(CN(C)C(=O)CCCCN2Cc3ccccc3C2=O)[nH]n1. The molecule has 6 heteroatoms. The molecule has 2 aromatic rings. The fourth-order valence-electron chi connectivity index (χ4n) is 3.48. The van der Waals surface area contributed by atoms with Gasteiger partial charge in [-0.05, 0) is 37.0 Å². The van der Waals surface area contributed by atoms with Crippen LogP contribution in [0.4, 0.5) is 0 Å². The second kappa shape index (κ2) is 8.84. The molecule has 1 aromatic heterocycles. The lowest BCUT2D eigenvalue weighted by Gasteiger charge is -2.17. The van der Waals surface area contributed by atoms with Crippen LogP contribution >= 0.6 is 0 Å². The second-order valence-corrected chi connectivity index (χ2v) is 7.23. The van der Waals surface area contributed by atoms with E-state index in [4.69, 9.17) is 0 Å². The zero-order valence-corrected chi connectivity index (χ0v) is 16.2. The van der Waals surface area contributed by atoms with Gasteiger partial charge in [0.05, 0.1) is 17.9 Å². The Labute approximate surface area is 160 Å². The highest BCUT2D eigenvalue weighted by molar-refractivity contribution is 5.98. The molecule has 1 N–H and O–H groups in total. The van der Waals surface area contributed by atoms with Crippen LogP contribution in [0.25, 0.3) is 0 Å². The van der Waals surface area contributed by atoms with E-state index in [-0.39, 0.29) is 11.8 Å². The zero-order valence-electron chi connectivity index (χ0n) is 16.2. The number of nitrogens with one attached hydrogen (secondary N) is 1. The van der Waals surface area contributed by atoms with Crippen molar-refractivity contribution in [3.8, 4) is 0 Å². The first-order valence-electron chi connectivity index (χ1n) is 9.72. The zero-order chi connectivity index (χ0) is 19.2. The summed E-state index contributed by atoms with van der Waals surface area (Å²) in [5.41, 5.74) is 3.93. The maximum Gasteiger partial charge on any atom is 0.254 e. The largest absolute Gasteiger partial charge is 0.340 e. The molecule has 0 saturated heterocycles. The molecule has 0 radical (unpaired) electrons. The van der Waals surface area contributed by atoms with Gasteiger partial charge >= 0.3 is 0 Å². The first-order chi connectivity index (χ1) is 13.1. The third kappa shape index (κ3) is 4.76. The number of aryl methyl sites for hydroxylation is 1. The number of H-pyrrole nitrogens is 1. The van der Waals surface area contributed by atoms with Crippen molar-refractivity contribution in [3.63, 3.8) is 0 Å². The predicted molar refractivity (Wildman–Crippen MR) is 104 cm³/mol. The summed E-state index contributed by atoms with van der Waals surface area (Å²) in [7, 11) is 1.82. The van der Waals surface area contributed by atoms with Gasteiger partial charge in [-0.1, -0.05) is 31.5 Å². The Balaban J connectivity index is 1.37. The summed E-state index contributed by atoms with van der Waals surface area (Å²) in [5, 5.41) is 7.27. The van der Waals surface area contributed by atoms with Crippen molar-refractivity contribution in [3.05, 3.63) is 52.8 Å². The van der Waals surface area contributed by atoms with E-state index in [2.05, 4.69) is 17.1 Å². The van der Waals surface area contributed by atoms with Gasteiger partial charge in [-0.3, -0.25) is 14.7 Å². The van der Waals surface area contributed by atoms with Crippen molar-refractivity contribution in [2.75, 3.05) is 13.6 Å². The summed E-state index contributed by atoms with van der Waals surface area (Å²) in [6.07, 6.45) is 4.13. The van der Waals surface area contributed by atoms with Crippen molar-refractivity contribution >= 4 is 11.8 Å². The fraction of sp³-hybridized carbons (Fsp3) is 0.476. The van der Waals surface area contributed by atoms with Gasteiger partial charge in [-0.25, -0.2) is 0 Å². The highest BCUT2D eigenvalue weighted by Crippen LogP contribution is 2.22. The molecule has 0 bridgehead atoms. The lowest BCUT2D eigenvalue weighted by molar-refractivity contribution is -0.130. The van der Waals surface area contributed by atoms with Gasteiger partial charge < -0.3 is 9.80 Å². The van der Waals surface area contributed by atoms with Crippen LogP contribution < -0.4 is 0 Å². The van der Waals surface area contributed by atoms with E-state index in [1.54, 1.807) is 4.90 Å². The van der Waals surface area contributed by atoms with E-state index < -0.39 is 0 Å². The Morgan fingerprint density at radius 3 is 2.89 bits per heavy atom. The van der Waals surface area contributed by atoms with E-state index in [0.29, 0.717) is 26.1 Å². The smallest absolute Gasteiger partial charge is 0.254 e. The van der Waals surface area contributed by atoms with Crippen molar-refractivity contribution < 1.29 is 9.59 Å². The molecule has 0 spiro atoms. The average Bonchev–Trinajstić information content (AvgIpc) is 3.23. The molecular formula is C21H28N4O2. The first-order valence-corrected chi connectivity index (χ1v) is 9.72. The van der Waals surface area contributed by atoms with Crippen LogP contribution in [0, 0.1) is 0 Å². The van der Waals surface area contributed by atoms with Crippen molar-refractivity contribution in [2.45, 2.75) is 52.1 Å². The number of nitrogens with zero attached hydrogens (tertiary/aromatic N) is 3. The van der Waals surface area contributed by atoms with E-state index in [9.17, 15) is 9.59 Å². The number of benzene rings is 1. The summed E-state index contributed by atoms with van der Waals surface area (Å²) in [4.78, 5) is 28.3. The first kappa shape index (κ1) is 19.1. The molecule has 144 valence electrons. The number of amides is 2. The lowest BCUT2D eigenvalue weighted by Crippen LogP contribution is -2.27. The molecule has 3 rings (SSSR count). The molecular weight excluding hydrogens is 340 g/mol. The predicted octanol–water partition coefficient (Wildman–Crippen LogP) is 3.15. The van der Waals surface area contributed by atoms with Crippen LogP contribution in [0.3, 0.4) is 0 Å². The molecule has 1 aliphatic rings. The fourth-order valence-corrected chi connectivity index (χ4v) is 3.48. The highest BCUT2D eigenvalue weighted by atomic mass is 16.2. The molecule has 1 aliphatic heterocycles. The Morgan fingerprint density at radius 1 is 1.30 bits per heavy atom. The van der Waals surface area contributed by atoms with Gasteiger partial charge in [-0.2, -0.15) is 5.10 Å². The topological polar surface area (TPSA) is 69.3 Å². The maximum atomic E-state index is 12.3. The number of carbonyl (C=O) groups excluding carboxylic acids is 2. The summed E-state index contributed by atoms with van der Waals surface area (Å²) in [5.74, 6) is 0.230. The second-order valence-electron chi connectivity index (χ2n) is 7.23. The number of aromatic amines is 1. The minimum atomic E-state index is 0.108. The highest BCUT2D eigenvalue weighted by Gasteiger charge is 2.26. The van der Waals surface area contributed by atoms with Crippen LogP contribution in [0.5, 0.6) is 0 Å². The van der Waals surface area contributed by atoms with Crippen molar-refractivity contribution in [2.24, 2.45) is 0 Å². The van der Waals surface area contributed by atoms with E-state index >= 15 is 0 Å². The molecule has 0 aliphatic carbocycles. The molecule has 0 saturated carbocycles. The third-order valence-corrected chi connectivity index (χ3v) is 4.99. The summed E-state index contributed by atoms with van der Waals surface area (Å²) in [6.45, 7) is 4.06. The number of aromatic nitrogens is 2. The Bertz CT molecular complexity index is 799. The monoisotopic (exact) mass is 368 g/mol. The van der Waals surface area contributed by atoms with Crippen LogP contribution in [0.2, 0.25) is 0 Å². The summed E-state index contributed by atoms with van der Waals surface area (Å²) in [6, 6.07) is 9.79. The minimum Gasteiger partial charge on any atom is -0.340 e. The van der Waals surface area contributed by atoms with Gasteiger partial charge in [0.25, 0.3) is 5.91 Å². The van der Waals surface area contributed by atoms with E-state index in [0.717, 1.165) is 48.2 Å². The quantitative estimate of drug-likeness (QED) is 0.691. The summed E-state index contributed by atoms with van der Waals surface area (Å²) < 4.78 is 0. The van der Waals surface area contributed by atoms with Gasteiger partial charge in [-0.15, -0.1) is 0 Å². The normalized spacial score (nSPS) is 13.1. The van der Waals surface area contributed by atoms with Gasteiger partial charge in [0.15, 0.2) is 0 Å². The van der Waals surface area contributed by atoms with Crippen molar-refractivity contribution in [1.29, 1.82) is 0 Å². The maximum absolute atomic E-state index is 12.3. The standard InChI is InChI=1S/C21H28N4O2/c1-3-8-17-13-18(23-22-17)15-24(2)20(26)11-6-7-12-25-14-16-9-4-5-10-19(16)21(25)27/h4-5,9-10,13H,3,6-8,11-12,14-15H2,1-2H3,(H,22,23). The third-order valence-electron chi connectivity index (χ3n) is 4.99. The number of carbonyl (C=O) groups is 2. The number of unbranched alkanes of at least 4 members (excludes halogenated alkanes) is 1. The summed E-state index contributed by atoms with van der Waals surface area (Å²) >= 11 is 0. The van der Waals surface area contributed by atoms with Crippen LogP contribution in [0.1, 0.15) is 59.9 Å². The number of hydrogen-bond acceptors (Lipinski definition) is 3. The van der Waals surface area contributed by atoms with E-state index in [1.807, 2.05) is 42.3 Å². The molecule has 0 unspecified atom stereocenters. The molecule has 0 fully saturated rings. The van der Waals surface area contributed by atoms with E-state index in [1.165, 1.54) is 0 Å². The van der Waals surface area contributed by atoms with Gasteiger partial charge in [0.1, 0.15) is 0 Å². The van der Waals surface area contributed by atoms with Crippen LogP contribution in [-0.2, 0) is 24.3 Å². The molecule has 2 amide bonds. The molecule has 2 heterocycles. The van der Waals surface area contributed by atoms with Crippen LogP contribution in [-0.4, -0.2) is 45.4 Å². The molecule has 27 heavy (non-hydrogen) atoms. The molecule has 0 atom stereocenters. The Morgan fingerprint density at radius 2 is 2.11 bits per heavy atom. The number of fused-ring (bicyclic) bond motifs is 1. The Kier molecular flexibility index (Phi) is 6.27. The number of rotatable bonds is 9. The molecule has 6 nitrogen and oxygen atoms in total. The van der Waals surface area contributed by atoms with Crippen molar-refractivity contribution in [1.82, 2.24) is 20.0 Å². The average molecular weight is 368 g/mol.